The van der Waals surface area contributed by atoms with E-state index in [2.05, 4.69) is 10.6 Å². The van der Waals surface area contributed by atoms with Crippen LogP contribution in [-0.4, -0.2) is 31.8 Å². The van der Waals surface area contributed by atoms with E-state index in [1.165, 1.54) is 35.2 Å². The number of halogens is 1. The summed E-state index contributed by atoms with van der Waals surface area (Å²) < 4.78 is 40.4. The van der Waals surface area contributed by atoms with E-state index in [9.17, 15) is 17.6 Å². The molecule has 2 aromatic rings. The molecule has 1 aliphatic carbocycles. The average molecular weight is 386 g/mol. The Hall–Kier alpha value is -2.69. The Morgan fingerprint density at radius 2 is 1.93 bits per heavy atom. The number of hydrogen-bond acceptors (Lipinski definition) is 3. The van der Waals surface area contributed by atoms with Crippen LogP contribution < -0.4 is 4.72 Å². The minimum Gasteiger partial charge on any atom is -0.323 e. The molecule has 0 unspecified atom stereocenters. The van der Waals surface area contributed by atoms with Crippen LogP contribution in [-0.2, 0) is 16.6 Å². The number of nitrogens with zero attached hydrogens (tertiary/aromatic N) is 1. The highest BCUT2D eigenvalue weighted by Gasteiger charge is 2.28. The third-order valence-electron chi connectivity index (χ3n) is 4.15. The molecule has 0 aromatic heterocycles. The van der Waals surface area contributed by atoms with Crippen molar-refractivity contribution in [3.05, 3.63) is 65.5 Å². The van der Waals surface area contributed by atoms with Crippen molar-refractivity contribution in [2.75, 3.05) is 6.54 Å². The van der Waals surface area contributed by atoms with Crippen LogP contribution in [0.3, 0.4) is 0 Å². The van der Waals surface area contributed by atoms with Gasteiger partial charge < -0.3 is 4.90 Å². The quantitative estimate of drug-likeness (QED) is 0.744. The van der Waals surface area contributed by atoms with E-state index in [4.69, 9.17) is 6.42 Å². The average Bonchev–Trinajstić information content (AvgIpc) is 3.46. The van der Waals surface area contributed by atoms with Gasteiger partial charge in [-0.25, -0.2) is 17.5 Å². The number of carbonyl (C=O) groups is 1. The first kappa shape index (κ1) is 19.1. The fraction of sp³-hybridized carbons (Fsp3) is 0.250. The zero-order valence-electron chi connectivity index (χ0n) is 14.6. The molecule has 27 heavy (non-hydrogen) atoms. The largest absolute Gasteiger partial charge is 0.323 e. The predicted molar refractivity (Wildman–Crippen MR) is 99.8 cm³/mol. The van der Waals surface area contributed by atoms with Gasteiger partial charge in [-0.15, -0.1) is 6.42 Å². The van der Waals surface area contributed by atoms with Crippen molar-refractivity contribution in [3.8, 4) is 12.3 Å². The highest BCUT2D eigenvalue weighted by atomic mass is 32.2. The van der Waals surface area contributed by atoms with Gasteiger partial charge in [0.15, 0.2) is 0 Å². The van der Waals surface area contributed by atoms with Crippen molar-refractivity contribution in [3.63, 3.8) is 0 Å². The second-order valence-electron chi connectivity index (χ2n) is 6.42. The minimum absolute atomic E-state index is 0.0224. The topological polar surface area (TPSA) is 66.5 Å². The zero-order valence-corrected chi connectivity index (χ0v) is 15.4. The summed E-state index contributed by atoms with van der Waals surface area (Å²) in [6, 6.07) is 11.6. The maximum Gasteiger partial charge on any atom is 0.254 e. The first-order chi connectivity index (χ1) is 12.9. The lowest BCUT2D eigenvalue weighted by Crippen LogP contribution is -2.31. The number of rotatable bonds is 7. The van der Waals surface area contributed by atoms with Gasteiger partial charge in [0.05, 0.1) is 11.4 Å². The number of sulfonamides is 1. The van der Waals surface area contributed by atoms with Crippen molar-refractivity contribution in [1.29, 1.82) is 0 Å². The van der Waals surface area contributed by atoms with Crippen LogP contribution in [0.1, 0.15) is 28.8 Å². The van der Waals surface area contributed by atoms with Gasteiger partial charge in [-0.3, -0.25) is 4.79 Å². The molecule has 140 valence electrons. The Balaban J connectivity index is 1.82. The van der Waals surface area contributed by atoms with Crippen LogP contribution in [0.15, 0.2) is 53.4 Å². The van der Waals surface area contributed by atoms with E-state index in [1.807, 2.05) is 0 Å². The number of amides is 1. The van der Waals surface area contributed by atoms with Gasteiger partial charge >= 0.3 is 0 Å². The molecule has 1 fully saturated rings. The number of nitrogens with one attached hydrogen (secondary N) is 1. The number of benzene rings is 2. The Bertz CT molecular complexity index is 977. The molecule has 0 spiro atoms. The SMILES string of the molecule is C#CCN(Cc1ccc(F)cc1)C(=O)c1cccc(S(=O)(=O)NC2CC2)c1. The van der Waals surface area contributed by atoms with E-state index in [-0.39, 0.29) is 41.3 Å². The van der Waals surface area contributed by atoms with Gasteiger partial charge in [-0.2, -0.15) is 0 Å². The molecular weight excluding hydrogens is 367 g/mol. The number of carbonyl (C=O) groups excluding carboxylic acids is 1. The second kappa shape index (κ2) is 7.91. The van der Waals surface area contributed by atoms with Gasteiger partial charge in [0, 0.05) is 18.2 Å². The molecule has 5 nitrogen and oxygen atoms in total. The monoisotopic (exact) mass is 386 g/mol. The molecule has 2 aromatic carbocycles. The molecule has 1 saturated carbocycles. The Morgan fingerprint density at radius 3 is 2.56 bits per heavy atom. The van der Waals surface area contributed by atoms with Gasteiger partial charge in [0.1, 0.15) is 5.82 Å². The highest BCUT2D eigenvalue weighted by Crippen LogP contribution is 2.23. The fourth-order valence-electron chi connectivity index (χ4n) is 2.59. The lowest BCUT2D eigenvalue weighted by Gasteiger charge is -2.21. The first-order valence-electron chi connectivity index (χ1n) is 8.48. The number of hydrogen-bond donors (Lipinski definition) is 1. The van der Waals surface area contributed by atoms with Crippen molar-refractivity contribution >= 4 is 15.9 Å². The Labute approximate surface area is 158 Å². The minimum atomic E-state index is -3.66. The summed E-state index contributed by atoms with van der Waals surface area (Å²) in [6.07, 6.45) is 7.02. The molecular formula is C20H19FN2O3S. The van der Waals surface area contributed by atoms with Crippen LogP contribution in [0.25, 0.3) is 0 Å². The summed E-state index contributed by atoms with van der Waals surface area (Å²) in [5.74, 6) is 1.68. The van der Waals surface area contributed by atoms with E-state index in [0.717, 1.165) is 18.4 Å². The van der Waals surface area contributed by atoms with Gasteiger partial charge in [-0.05, 0) is 48.7 Å². The van der Waals surface area contributed by atoms with Crippen molar-refractivity contribution < 1.29 is 17.6 Å². The maximum atomic E-state index is 13.1. The van der Waals surface area contributed by atoms with Crippen LogP contribution in [0.2, 0.25) is 0 Å². The second-order valence-corrected chi connectivity index (χ2v) is 8.13. The summed E-state index contributed by atoms with van der Waals surface area (Å²) in [4.78, 5) is 14.3. The maximum absolute atomic E-state index is 13.1. The summed E-state index contributed by atoms with van der Waals surface area (Å²) in [5, 5.41) is 0. The molecule has 0 atom stereocenters. The molecule has 0 bridgehead atoms. The van der Waals surface area contributed by atoms with Gasteiger partial charge in [0.25, 0.3) is 5.91 Å². The molecule has 3 rings (SSSR count). The normalized spacial score (nSPS) is 13.8. The smallest absolute Gasteiger partial charge is 0.254 e. The van der Waals surface area contributed by atoms with Gasteiger partial charge in [-0.1, -0.05) is 24.1 Å². The van der Waals surface area contributed by atoms with E-state index < -0.39 is 10.0 Å². The molecule has 7 heteroatoms. The zero-order chi connectivity index (χ0) is 19.4. The predicted octanol–water partition coefficient (Wildman–Crippen LogP) is 2.54. The van der Waals surface area contributed by atoms with Crippen molar-refractivity contribution in [2.24, 2.45) is 0 Å². The Morgan fingerprint density at radius 1 is 1.22 bits per heavy atom. The molecule has 0 saturated heterocycles. The summed E-state index contributed by atoms with van der Waals surface area (Å²) in [6.45, 7) is 0.244. The van der Waals surface area contributed by atoms with Crippen LogP contribution in [0.5, 0.6) is 0 Å². The lowest BCUT2D eigenvalue weighted by molar-refractivity contribution is 0.0765. The summed E-state index contributed by atoms with van der Waals surface area (Å²) >= 11 is 0. The van der Waals surface area contributed by atoms with Crippen LogP contribution >= 0.6 is 0 Å². The van der Waals surface area contributed by atoms with E-state index in [1.54, 1.807) is 18.2 Å². The van der Waals surface area contributed by atoms with Crippen LogP contribution in [0, 0.1) is 18.2 Å². The highest BCUT2D eigenvalue weighted by molar-refractivity contribution is 7.89. The van der Waals surface area contributed by atoms with Crippen molar-refractivity contribution in [2.45, 2.75) is 30.3 Å². The van der Waals surface area contributed by atoms with Gasteiger partial charge in [0.2, 0.25) is 10.0 Å². The molecule has 1 amide bonds. The van der Waals surface area contributed by atoms with E-state index in [0.29, 0.717) is 0 Å². The fourth-order valence-corrected chi connectivity index (χ4v) is 3.94. The van der Waals surface area contributed by atoms with Crippen molar-refractivity contribution in [1.82, 2.24) is 9.62 Å². The lowest BCUT2D eigenvalue weighted by atomic mass is 10.1. The molecule has 0 radical (unpaired) electrons. The number of terminal acetylenes is 1. The third kappa shape index (κ3) is 4.94. The molecule has 1 aliphatic rings. The first-order valence-corrected chi connectivity index (χ1v) is 9.97. The summed E-state index contributed by atoms with van der Waals surface area (Å²) in [5.41, 5.74) is 0.949. The molecule has 0 aliphatic heterocycles. The molecule has 1 N–H and O–H groups in total. The van der Waals surface area contributed by atoms with Crippen LogP contribution in [0.4, 0.5) is 4.39 Å². The summed E-state index contributed by atoms with van der Waals surface area (Å²) in [7, 11) is -3.66. The molecule has 0 heterocycles. The third-order valence-corrected chi connectivity index (χ3v) is 5.66. The Kier molecular flexibility index (Phi) is 5.59. The van der Waals surface area contributed by atoms with E-state index >= 15 is 0 Å². The standard InChI is InChI=1S/C20H19FN2O3S/c1-2-12-23(14-15-6-8-17(21)9-7-15)20(24)16-4-3-5-19(13-16)27(25,26)22-18-10-11-18/h1,3-9,13,18,22H,10-12,14H2.